The maximum atomic E-state index is 11.7. The van der Waals surface area contributed by atoms with Gasteiger partial charge >= 0.3 is 0 Å². The van der Waals surface area contributed by atoms with Crippen LogP contribution >= 0.6 is 23.5 Å². The number of thioether (sulfide) groups is 2. The minimum absolute atomic E-state index is 0.0825. The van der Waals surface area contributed by atoms with E-state index < -0.39 is 0 Å². The first-order valence-electron chi connectivity index (χ1n) is 7.55. The van der Waals surface area contributed by atoms with E-state index in [0.29, 0.717) is 16.1 Å². The van der Waals surface area contributed by atoms with Crippen LogP contribution in [0, 0.1) is 6.92 Å². The summed E-state index contributed by atoms with van der Waals surface area (Å²) in [6.07, 6.45) is 1.45. The zero-order chi connectivity index (χ0) is 16.8. The summed E-state index contributed by atoms with van der Waals surface area (Å²) in [5, 5.41) is 3.83. The number of furan rings is 1. The second-order valence-corrected chi connectivity index (χ2v) is 7.90. The highest BCUT2D eigenvalue weighted by atomic mass is 32.2. The number of carbonyl (C=O) groups excluding carboxylic acids is 1. The van der Waals surface area contributed by atoms with E-state index in [1.54, 1.807) is 6.07 Å². The number of hydrogen-bond donors (Lipinski definition) is 1. The Morgan fingerprint density at radius 2 is 2.04 bits per heavy atom. The van der Waals surface area contributed by atoms with Gasteiger partial charge in [-0.2, -0.15) is 5.10 Å². The average Bonchev–Trinajstić information content (AvgIpc) is 3.25. The number of hydrazone groups is 1. The molecule has 0 spiro atoms. The molecule has 1 saturated heterocycles. The second kappa shape index (κ2) is 8.30. The number of carbonyl (C=O) groups is 1. The van der Waals surface area contributed by atoms with Gasteiger partial charge in [-0.25, -0.2) is 5.43 Å². The summed E-state index contributed by atoms with van der Waals surface area (Å²) in [5.74, 6) is 4.14. The van der Waals surface area contributed by atoms with Crippen molar-refractivity contribution in [3.05, 3.63) is 53.5 Å². The van der Waals surface area contributed by atoms with E-state index in [9.17, 15) is 4.79 Å². The largest absolute Gasteiger partial charge is 0.484 e. The van der Waals surface area contributed by atoms with Crippen molar-refractivity contribution in [2.75, 3.05) is 18.1 Å². The van der Waals surface area contributed by atoms with Gasteiger partial charge in [0.25, 0.3) is 5.91 Å². The Hall–Kier alpha value is -1.86. The molecule has 1 fully saturated rings. The number of aryl methyl sites for hydroxylation is 1. The molecule has 0 unspecified atom stereocenters. The van der Waals surface area contributed by atoms with Gasteiger partial charge in [0.1, 0.15) is 17.3 Å². The van der Waals surface area contributed by atoms with Crippen molar-refractivity contribution >= 4 is 35.6 Å². The van der Waals surface area contributed by atoms with Gasteiger partial charge in [-0.15, -0.1) is 23.5 Å². The highest BCUT2D eigenvalue weighted by molar-refractivity contribution is 8.19. The predicted molar refractivity (Wildman–Crippen MR) is 98.8 cm³/mol. The molecular weight excluding hydrogens is 344 g/mol. The fourth-order valence-corrected chi connectivity index (χ4v) is 5.00. The van der Waals surface area contributed by atoms with E-state index in [-0.39, 0.29) is 12.5 Å². The molecule has 1 aliphatic heterocycles. The van der Waals surface area contributed by atoms with Crippen LogP contribution in [-0.4, -0.2) is 30.2 Å². The van der Waals surface area contributed by atoms with Crippen LogP contribution in [0.3, 0.4) is 0 Å². The molecule has 1 N–H and O–H groups in total. The Labute approximate surface area is 149 Å². The van der Waals surface area contributed by atoms with Crippen molar-refractivity contribution < 1.29 is 13.9 Å². The minimum Gasteiger partial charge on any atom is -0.484 e. The lowest BCUT2D eigenvalue weighted by atomic mass is 10.2. The Bertz CT molecular complexity index is 707. The molecule has 126 valence electrons. The zero-order valence-electron chi connectivity index (χ0n) is 13.2. The van der Waals surface area contributed by atoms with Crippen LogP contribution in [0.1, 0.15) is 21.7 Å². The molecule has 1 aromatic heterocycles. The number of hydrogen-bond acceptors (Lipinski definition) is 6. The first kappa shape index (κ1) is 17.0. The van der Waals surface area contributed by atoms with Crippen molar-refractivity contribution in [2.24, 2.45) is 5.10 Å². The number of rotatable bonds is 6. The van der Waals surface area contributed by atoms with E-state index in [0.717, 1.165) is 5.76 Å². The molecule has 0 bridgehead atoms. The molecular formula is C17H18N2O3S2. The number of nitrogens with one attached hydrogen (secondary N) is 1. The summed E-state index contributed by atoms with van der Waals surface area (Å²) in [6, 6.07) is 11.5. The van der Waals surface area contributed by atoms with E-state index in [2.05, 4.69) is 22.7 Å². The topological polar surface area (TPSA) is 63.8 Å². The van der Waals surface area contributed by atoms with Crippen LogP contribution in [0.15, 0.2) is 45.9 Å². The molecule has 1 aromatic carbocycles. The Balaban J connectivity index is 1.43. The predicted octanol–water partition coefficient (Wildman–Crippen LogP) is 3.60. The maximum absolute atomic E-state index is 11.7. The van der Waals surface area contributed by atoms with Gasteiger partial charge in [-0.3, -0.25) is 4.79 Å². The summed E-state index contributed by atoms with van der Waals surface area (Å²) in [7, 11) is 0. The Morgan fingerprint density at radius 1 is 1.29 bits per heavy atom. The van der Waals surface area contributed by atoms with Crippen molar-refractivity contribution in [1.29, 1.82) is 0 Å². The Morgan fingerprint density at radius 3 is 2.71 bits per heavy atom. The molecule has 7 heteroatoms. The third-order valence-electron chi connectivity index (χ3n) is 3.29. The van der Waals surface area contributed by atoms with E-state index in [1.165, 1.54) is 23.3 Å². The molecule has 0 atom stereocenters. The van der Waals surface area contributed by atoms with E-state index in [1.807, 2.05) is 48.6 Å². The van der Waals surface area contributed by atoms with Gasteiger partial charge in [-0.1, -0.05) is 12.1 Å². The SMILES string of the molecule is Cc1ccc(/C=N\NC(=O)COc2ccc(C3SCCS3)cc2)o1. The fraction of sp³-hybridized carbons (Fsp3) is 0.294. The molecule has 3 rings (SSSR count). The maximum Gasteiger partial charge on any atom is 0.277 e. The monoisotopic (exact) mass is 362 g/mol. The van der Waals surface area contributed by atoms with Crippen molar-refractivity contribution in [2.45, 2.75) is 11.5 Å². The van der Waals surface area contributed by atoms with Crippen LogP contribution in [0.5, 0.6) is 5.75 Å². The molecule has 0 saturated carbocycles. The van der Waals surface area contributed by atoms with Gasteiger partial charge in [0, 0.05) is 11.5 Å². The minimum atomic E-state index is -0.319. The highest BCUT2D eigenvalue weighted by Gasteiger charge is 2.17. The number of ether oxygens (including phenoxy) is 1. The lowest BCUT2D eigenvalue weighted by molar-refractivity contribution is -0.123. The molecule has 2 aromatic rings. The van der Waals surface area contributed by atoms with Crippen LogP contribution < -0.4 is 10.2 Å². The van der Waals surface area contributed by atoms with Crippen molar-refractivity contribution in [1.82, 2.24) is 5.43 Å². The molecule has 0 aliphatic carbocycles. The summed E-state index contributed by atoms with van der Waals surface area (Å²) < 4.78 is 11.3. The van der Waals surface area contributed by atoms with Gasteiger partial charge < -0.3 is 9.15 Å². The Kier molecular flexibility index (Phi) is 5.87. The van der Waals surface area contributed by atoms with Gasteiger partial charge in [-0.05, 0) is 36.8 Å². The number of benzene rings is 1. The highest BCUT2D eigenvalue weighted by Crippen LogP contribution is 2.45. The summed E-state index contributed by atoms with van der Waals surface area (Å²) in [5.41, 5.74) is 3.70. The zero-order valence-corrected chi connectivity index (χ0v) is 14.9. The fourth-order valence-electron chi connectivity index (χ4n) is 2.14. The average molecular weight is 362 g/mol. The smallest absolute Gasteiger partial charge is 0.277 e. The number of amides is 1. The lowest BCUT2D eigenvalue weighted by Crippen LogP contribution is -2.24. The number of nitrogens with zero attached hydrogens (tertiary/aromatic N) is 1. The normalized spacial score (nSPS) is 15.0. The van der Waals surface area contributed by atoms with Crippen LogP contribution in [-0.2, 0) is 4.79 Å². The molecule has 5 nitrogen and oxygen atoms in total. The van der Waals surface area contributed by atoms with Gasteiger partial charge in [0.2, 0.25) is 0 Å². The van der Waals surface area contributed by atoms with Gasteiger partial charge in [0.05, 0.1) is 10.8 Å². The van der Waals surface area contributed by atoms with E-state index in [4.69, 9.17) is 9.15 Å². The summed E-state index contributed by atoms with van der Waals surface area (Å²) >= 11 is 3.93. The third-order valence-corrected chi connectivity index (χ3v) is 6.39. The quantitative estimate of drug-likeness (QED) is 0.628. The second-order valence-electron chi connectivity index (χ2n) is 5.17. The molecule has 0 radical (unpaired) electrons. The van der Waals surface area contributed by atoms with Crippen molar-refractivity contribution in [3.8, 4) is 5.75 Å². The third kappa shape index (κ3) is 4.82. The first-order chi connectivity index (χ1) is 11.7. The molecule has 24 heavy (non-hydrogen) atoms. The standard InChI is InChI=1S/C17H18N2O3S2/c1-12-2-5-15(22-12)10-18-19-16(20)11-21-14-6-3-13(4-7-14)17-23-8-9-24-17/h2-7,10,17H,8-9,11H2,1H3,(H,19,20)/b18-10-. The van der Waals surface area contributed by atoms with Crippen LogP contribution in [0.4, 0.5) is 0 Å². The van der Waals surface area contributed by atoms with Crippen LogP contribution in [0.2, 0.25) is 0 Å². The molecule has 1 aliphatic rings. The summed E-state index contributed by atoms with van der Waals surface area (Å²) in [4.78, 5) is 11.7. The molecule has 2 heterocycles. The first-order valence-corrected chi connectivity index (χ1v) is 9.65. The van der Waals surface area contributed by atoms with Gasteiger partial charge in [0.15, 0.2) is 6.61 Å². The summed E-state index contributed by atoms with van der Waals surface area (Å²) in [6.45, 7) is 1.76. The molecule has 1 amide bonds. The van der Waals surface area contributed by atoms with Crippen molar-refractivity contribution in [3.63, 3.8) is 0 Å². The van der Waals surface area contributed by atoms with Crippen LogP contribution in [0.25, 0.3) is 0 Å². The van der Waals surface area contributed by atoms with E-state index >= 15 is 0 Å². The lowest BCUT2D eigenvalue weighted by Gasteiger charge is -2.09.